The molecule has 1 heterocycles. The highest BCUT2D eigenvalue weighted by Gasteiger charge is 2.15. The summed E-state index contributed by atoms with van der Waals surface area (Å²) in [7, 11) is 0. The molecule has 0 saturated carbocycles. The molecule has 0 fully saturated rings. The molecule has 0 spiro atoms. The highest BCUT2D eigenvalue weighted by Crippen LogP contribution is 2.23. The third-order valence-corrected chi connectivity index (χ3v) is 4.15. The molecule has 23 heavy (non-hydrogen) atoms. The van der Waals surface area contributed by atoms with Gasteiger partial charge in [-0.3, -0.25) is 4.79 Å². The van der Waals surface area contributed by atoms with E-state index in [1.54, 1.807) is 22.9 Å². The van der Waals surface area contributed by atoms with Gasteiger partial charge in [0, 0.05) is 0 Å². The van der Waals surface area contributed by atoms with Gasteiger partial charge in [-0.05, 0) is 47.2 Å². The minimum absolute atomic E-state index is 0.00162. The Morgan fingerprint density at radius 2 is 2.00 bits per heavy atom. The number of phenolic OH excluding ortho intramolecular Hbond substituents is 1. The number of phenols is 1. The Labute approximate surface area is 137 Å². The van der Waals surface area contributed by atoms with E-state index in [1.807, 2.05) is 37.3 Å². The van der Waals surface area contributed by atoms with Gasteiger partial charge in [-0.2, -0.15) is 4.68 Å². The Balaban J connectivity index is 1.74. The number of aryl methyl sites for hydroxylation is 1. The molecule has 0 saturated heterocycles. The average Bonchev–Trinajstić information content (AvgIpc) is 3.02. The van der Waals surface area contributed by atoms with Crippen LogP contribution in [-0.4, -0.2) is 36.8 Å². The minimum Gasteiger partial charge on any atom is -0.507 e. The van der Waals surface area contributed by atoms with Crippen LogP contribution >= 0.6 is 11.8 Å². The van der Waals surface area contributed by atoms with Crippen LogP contribution in [0.2, 0.25) is 0 Å². The van der Waals surface area contributed by atoms with E-state index in [0.717, 1.165) is 11.3 Å². The van der Waals surface area contributed by atoms with Crippen LogP contribution in [0, 0.1) is 6.92 Å². The van der Waals surface area contributed by atoms with Crippen LogP contribution in [0.5, 0.6) is 5.75 Å². The molecule has 0 atom stereocenters. The predicted octanol–water partition coefficient (Wildman–Crippen LogP) is 2.65. The molecular weight excluding hydrogens is 312 g/mol. The number of hydrogen-bond acceptors (Lipinski definition) is 6. The minimum atomic E-state index is -0.171. The normalized spacial score (nSPS) is 10.7. The van der Waals surface area contributed by atoms with Gasteiger partial charge in [0.1, 0.15) is 5.75 Å². The number of carbonyl (C=O) groups is 1. The van der Waals surface area contributed by atoms with E-state index in [1.165, 1.54) is 11.8 Å². The van der Waals surface area contributed by atoms with Crippen molar-refractivity contribution in [1.29, 1.82) is 0 Å². The zero-order chi connectivity index (χ0) is 16.2. The number of carbonyl (C=O) groups excluding carboxylic acids is 1. The smallest absolute Gasteiger partial charge is 0.214 e. The van der Waals surface area contributed by atoms with Crippen molar-refractivity contribution in [2.45, 2.75) is 12.1 Å². The molecular formula is C16H14N4O2S. The van der Waals surface area contributed by atoms with Gasteiger partial charge < -0.3 is 5.11 Å². The summed E-state index contributed by atoms with van der Waals surface area (Å²) in [6.45, 7) is 1.86. The Kier molecular flexibility index (Phi) is 4.38. The second kappa shape index (κ2) is 6.62. The van der Waals surface area contributed by atoms with E-state index in [9.17, 15) is 9.90 Å². The first-order valence-electron chi connectivity index (χ1n) is 6.94. The summed E-state index contributed by atoms with van der Waals surface area (Å²) in [6, 6.07) is 14.5. The number of benzene rings is 2. The number of ketones is 1. The van der Waals surface area contributed by atoms with E-state index in [4.69, 9.17) is 0 Å². The zero-order valence-corrected chi connectivity index (χ0v) is 13.2. The third kappa shape index (κ3) is 3.40. The summed E-state index contributed by atoms with van der Waals surface area (Å²) in [4.78, 5) is 12.3. The van der Waals surface area contributed by atoms with Crippen molar-refractivity contribution in [3.05, 3.63) is 59.7 Å². The van der Waals surface area contributed by atoms with E-state index < -0.39 is 0 Å². The van der Waals surface area contributed by atoms with E-state index in [-0.39, 0.29) is 17.3 Å². The fraction of sp³-hybridized carbons (Fsp3) is 0.125. The standard InChI is InChI=1S/C16H14N4O2S/c1-11-7-8-13(14(21)9-11)15(22)10-23-16-17-18-19-20(16)12-5-3-2-4-6-12/h2-9,21H,10H2,1H3. The topological polar surface area (TPSA) is 80.9 Å². The van der Waals surface area contributed by atoms with Crippen molar-refractivity contribution in [3.8, 4) is 11.4 Å². The van der Waals surface area contributed by atoms with Crippen molar-refractivity contribution in [2.75, 3.05) is 5.75 Å². The Bertz CT molecular complexity index is 833. The second-order valence-corrected chi connectivity index (χ2v) is 5.88. The maximum Gasteiger partial charge on any atom is 0.214 e. The summed E-state index contributed by atoms with van der Waals surface area (Å²) >= 11 is 1.23. The van der Waals surface area contributed by atoms with Gasteiger partial charge >= 0.3 is 0 Å². The van der Waals surface area contributed by atoms with Crippen molar-refractivity contribution in [2.24, 2.45) is 0 Å². The molecule has 116 valence electrons. The molecule has 3 rings (SSSR count). The SMILES string of the molecule is Cc1ccc(C(=O)CSc2nnnn2-c2ccccc2)c(O)c1. The number of para-hydroxylation sites is 1. The van der Waals surface area contributed by atoms with Crippen LogP contribution in [0.4, 0.5) is 0 Å². The number of hydrogen-bond donors (Lipinski definition) is 1. The molecule has 1 N–H and O–H groups in total. The van der Waals surface area contributed by atoms with Crippen LogP contribution < -0.4 is 0 Å². The van der Waals surface area contributed by atoms with E-state index >= 15 is 0 Å². The second-order valence-electron chi connectivity index (χ2n) is 4.94. The van der Waals surface area contributed by atoms with Crippen molar-refractivity contribution in [3.63, 3.8) is 0 Å². The first-order chi connectivity index (χ1) is 11.1. The van der Waals surface area contributed by atoms with Crippen LogP contribution in [0.25, 0.3) is 5.69 Å². The van der Waals surface area contributed by atoms with E-state index in [2.05, 4.69) is 15.5 Å². The van der Waals surface area contributed by atoms with Gasteiger partial charge in [0.25, 0.3) is 0 Å². The lowest BCUT2D eigenvalue weighted by Gasteiger charge is -2.05. The van der Waals surface area contributed by atoms with Gasteiger partial charge in [0.05, 0.1) is 17.0 Å². The van der Waals surface area contributed by atoms with Crippen LogP contribution in [0.3, 0.4) is 0 Å². The van der Waals surface area contributed by atoms with Crippen LogP contribution in [0.15, 0.2) is 53.7 Å². The average molecular weight is 326 g/mol. The molecule has 1 aromatic heterocycles. The highest BCUT2D eigenvalue weighted by atomic mass is 32.2. The maximum absolute atomic E-state index is 12.3. The molecule has 0 amide bonds. The summed E-state index contributed by atoms with van der Waals surface area (Å²) in [5.74, 6) is -0.0301. The van der Waals surface area contributed by atoms with Crippen LogP contribution in [0.1, 0.15) is 15.9 Å². The third-order valence-electron chi connectivity index (χ3n) is 3.23. The van der Waals surface area contributed by atoms with Crippen molar-refractivity contribution in [1.82, 2.24) is 20.2 Å². The molecule has 0 aliphatic carbocycles. The van der Waals surface area contributed by atoms with E-state index in [0.29, 0.717) is 10.7 Å². The lowest BCUT2D eigenvalue weighted by molar-refractivity contribution is 0.102. The van der Waals surface area contributed by atoms with Gasteiger partial charge in [0.2, 0.25) is 5.16 Å². The number of rotatable bonds is 5. The Morgan fingerprint density at radius 3 is 2.74 bits per heavy atom. The fourth-order valence-electron chi connectivity index (χ4n) is 2.09. The number of aromatic nitrogens is 4. The number of Topliss-reactive ketones (excluding diaryl/α,β-unsaturated/α-hetero) is 1. The fourth-order valence-corrected chi connectivity index (χ4v) is 2.86. The van der Waals surface area contributed by atoms with Gasteiger partial charge in [-0.15, -0.1) is 5.10 Å². The quantitative estimate of drug-likeness (QED) is 0.573. The number of tetrazole rings is 1. The molecule has 0 radical (unpaired) electrons. The summed E-state index contributed by atoms with van der Waals surface area (Å²) in [5.41, 5.74) is 2.03. The first kappa shape index (κ1) is 15.2. The maximum atomic E-state index is 12.3. The zero-order valence-electron chi connectivity index (χ0n) is 12.4. The molecule has 7 heteroatoms. The largest absolute Gasteiger partial charge is 0.507 e. The van der Waals surface area contributed by atoms with Gasteiger partial charge in [0.15, 0.2) is 5.78 Å². The molecule has 6 nitrogen and oxygen atoms in total. The number of aromatic hydroxyl groups is 1. The van der Waals surface area contributed by atoms with Gasteiger partial charge in [-0.1, -0.05) is 36.0 Å². The molecule has 0 bridgehead atoms. The number of thioether (sulfide) groups is 1. The Morgan fingerprint density at radius 1 is 1.22 bits per heavy atom. The lowest BCUT2D eigenvalue weighted by Crippen LogP contribution is -2.05. The summed E-state index contributed by atoms with van der Waals surface area (Å²) in [5, 5.41) is 21.9. The molecule has 2 aromatic carbocycles. The molecule has 0 aliphatic heterocycles. The lowest BCUT2D eigenvalue weighted by atomic mass is 10.1. The van der Waals surface area contributed by atoms with Crippen molar-refractivity contribution < 1.29 is 9.90 Å². The predicted molar refractivity (Wildman–Crippen MR) is 87.1 cm³/mol. The molecule has 3 aromatic rings. The monoisotopic (exact) mass is 326 g/mol. The first-order valence-corrected chi connectivity index (χ1v) is 7.93. The highest BCUT2D eigenvalue weighted by molar-refractivity contribution is 7.99. The summed E-state index contributed by atoms with van der Waals surface area (Å²) in [6.07, 6.45) is 0. The van der Waals surface area contributed by atoms with Gasteiger partial charge in [-0.25, -0.2) is 0 Å². The Hall–Kier alpha value is -2.67. The van der Waals surface area contributed by atoms with Crippen LogP contribution in [-0.2, 0) is 0 Å². The number of nitrogens with zero attached hydrogens (tertiary/aromatic N) is 4. The van der Waals surface area contributed by atoms with Crippen molar-refractivity contribution >= 4 is 17.5 Å². The summed E-state index contributed by atoms with van der Waals surface area (Å²) < 4.78 is 1.58. The molecule has 0 unspecified atom stereocenters. The molecule has 0 aliphatic rings.